The van der Waals surface area contributed by atoms with E-state index < -0.39 is 0 Å². The number of rotatable bonds is 5. The van der Waals surface area contributed by atoms with Crippen molar-refractivity contribution in [1.82, 2.24) is 9.88 Å². The van der Waals surface area contributed by atoms with Gasteiger partial charge in [-0.2, -0.15) is 0 Å². The minimum Gasteiger partial charge on any atom is -0.467 e. The van der Waals surface area contributed by atoms with E-state index in [1.807, 2.05) is 6.07 Å². The van der Waals surface area contributed by atoms with E-state index in [9.17, 15) is 9.18 Å². The minimum absolute atomic E-state index is 0.0423. The molecule has 4 rings (SSSR count). The van der Waals surface area contributed by atoms with Crippen LogP contribution in [-0.4, -0.2) is 35.0 Å². The van der Waals surface area contributed by atoms with Crippen molar-refractivity contribution in [3.8, 4) is 0 Å². The second-order valence-electron chi connectivity index (χ2n) is 6.31. The first kappa shape index (κ1) is 15.9. The lowest BCUT2D eigenvalue weighted by molar-refractivity contribution is 0.0488. The summed E-state index contributed by atoms with van der Waals surface area (Å²) in [6, 6.07) is 9.76. The maximum atomic E-state index is 13.4. The largest absolute Gasteiger partial charge is 0.467 e. The molecule has 1 aliphatic rings. The highest BCUT2D eigenvalue weighted by Gasteiger charge is 2.25. The maximum Gasteiger partial charge on any atom is 0.270 e. The smallest absolute Gasteiger partial charge is 0.270 e. The van der Waals surface area contributed by atoms with Gasteiger partial charge in [-0.15, -0.1) is 0 Å². The average Bonchev–Trinajstić information content (AvgIpc) is 3.34. The Bertz CT molecular complexity index is 866. The van der Waals surface area contributed by atoms with Gasteiger partial charge in [0.05, 0.1) is 18.9 Å². The van der Waals surface area contributed by atoms with Crippen LogP contribution < -0.4 is 0 Å². The van der Waals surface area contributed by atoms with Crippen LogP contribution in [0, 0.1) is 5.82 Å². The Kier molecular flexibility index (Phi) is 4.28. The highest BCUT2D eigenvalue weighted by atomic mass is 19.1. The van der Waals surface area contributed by atoms with Crippen LogP contribution in [0.2, 0.25) is 0 Å². The van der Waals surface area contributed by atoms with E-state index >= 15 is 0 Å². The fourth-order valence-electron chi connectivity index (χ4n) is 3.23. The van der Waals surface area contributed by atoms with Crippen LogP contribution in [0.1, 0.15) is 29.1 Å². The van der Waals surface area contributed by atoms with E-state index in [-0.39, 0.29) is 17.8 Å². The topological polar surface area (TPSA) is 58.5 Å². The van der Waals surface area contributed by atoms with Gasteiger partial charge < -0.3 is 19.0 Å². The van der Waals surface area contributed by atoms with Crippen molar-refractivity contribution < 1.29 is 18.3 Å². The third-order valence-corrected chi connectivity index (χ3v) is 4.48. The predicted molar refractivity (Wildman–Crippen MR) is 90.7 cm³/mol. The maximum absolute atomic E-state index is 13.4. The highest BCUT2D eigenvalue weighted by molar-refractivity contribution is 5.98. The molecule has 2 aromatic heterocycles. The lowest BCUT2D eigenvalue weighted by atomic mass is 10.2. The van der Waals surface area contributed by atoms with Crippen LogP contribution in [0.5, 0.6) is 0 Å². The lowest BCUT2D eigenvalue weighted by Gasteiger charge is -2.24. The summed E-state index contributed by atoms with van der Waals surface area (Å²) in [4.78, 5) is 17.8. The van der Waals surface area contributed by atoms with Crippen molar-refractivity contribution in [2.24, 2.45) is 0 Å². The Hall–Kier alpha value is -2.60. The number of aromatic amines is 1. The van der Waals surface area contributed by atoms with Crippen LogP contribution in [-0.2, 0) is 11.3 Å². The van der Waals surface area contributed by atoms with Gasteiger partial charge in [0.1, 0.15) is 17.3 Å². The zero-order chi connectivity index (χ0) is 17.2. The van der Waals surface area contributed by atoms with Gasteiger partial charge in [0.2, 0.25) is 0 Å². The molecule has 0 saturated carbocycles. The normalized spacial score (nSPS) is 17.2. The van der Waals surface area contributed by atoms with Gasteiger partial charge in [0, 0.05) is 24.1 Å². The van der Waals surface area contributed by atoms with Crippen molar-refractivity contribution in [2.75, 3.05) is 13.2 Å². The number of nitrogens with one attached hydrogen (secondary N) is 1. The molecule has 0 bridgehead atoms. The van der Waals surface area contributed by atoms with Gasteiger partial charge in [0.15, 0.2) is 0 Å². The first-order valence-electron chi connectivity index (χ1n) is 8.40. The molecule has 1 atom stereocenters. The molecule has 0 spiro atoms. The van der Waals surface area contributed by atoms with Gasteiger partial charge in [-0.3, -0.25) is 4.79 Å². The molecule has 1 aliphatic heterocycles. The Labute approximate surface area is 144 Å². The molecule has 130 valence electrons. The van der Waals surface area contributed by atoms with Crippen LogP contribution >= 0.6 is 0 Å². The summed E-state index contributed by atoms with van der Waals surface area (Å²) >= 11 is 0. The number of benzene rings is 1. The lowest BCUT2D eigenvalue weighted by Crippen LogP contribution is -2.37. The van der Waals surface area contributed by atoms with Crippen molar-refractivity contribution in [3.05, 3.63) is 59.9 Å². The van der Waals surface area contributed by atoms with E-state index in [4.69, 9.17) is 9.15 Å². The molecule has 0 unspecified atom stereocenters. The van der Waals surface area contributed by atoms with E-state index in [1.54, 1.807) is 29.4 Å². The molecule has 3 heterocycles. The fourth-order valence-corrected chi connectivity index (χ4v) is 3.23. The second kappa shape index (κ2) is 6.72. The molecule has 1 fully saturated rings. The predicted octanol–water partition coefficient (Wildman–Crippen LogP) is 3.72. The summed E-state index contributed by atoms with van der Waals surface area (Å²) in [5, 5.41) is 0.679. The summed E-state index contributed by atoms with van der Waals surface area (Å²) in [5.74, 6) is 0.245. The second-order valence-corrected chi connectivity index (χ2v) is 6.31. The number of hydrogen-bond acceptors (Lipinski definition) is 3. The molecule has 1 aromatic carbocycles. The molecule has 0 radical (unpaired) electrons. The van der Waals surface area contributed by atoms with Crippen molar-refractivity contribution in [2.45, 2.75) is 25.5 Å². The summed E-state index contributed by atoms with van der Waals surface area (Å²) in [7, 11) is 0. The monoisotopic (exact) mass is 342 g/mol. The molecule has 5 nitrogen and oxygen atoms in total. The van der Waals surface area contributed by atoms with Crippen LogP contribution in [0.4, 0.5) is 4.39 Å². The number of H-pyrrole nitrogens is 1. The average molecular weight is 342 g/mol. The van der Waals surface area contributed by atoms with Gasteiger partial charge in [-0.25, -0.2) is 4.39 Å². The summed E-state index contributed by atoms with van der Waals surface area (Å²) in [6.07, 6.45) is 3.59. The molecule has 6 heteroatoms. The number of fused-ring (bicyclic) bond motifs is 1. The quantitative estimate of drug-likeness (QED) is 0.769. The van der Waals surface area contributed by atoms with Crippen molar-refractivity contribution in [1.29, 1.82) is 0 Å². The molecule has 0 aliphatic carbocycles. The standard InChI is InChI=1S/C19H19FN2O3/c20-14-5-6-17-13(9-14)10-18(21-17)19(23)22(11-15-3-1-7-24-15)12-16-4-2-8-25-16/h1,3,5-7,9-10,16,21H,2,4,8,11-12H2/t16-/m1/s1. The Morgan fingerprint density at radius 2 is 2.24 bits per heavy atom. The highest BCUT2D eigenvalue weighted by Crippen LogP contribution is 2.21. The minimum atomic E-state index is -0.322. The number of aromatic nitrogens is 1. The van der Waals surface area contributed by atoms with Gasteiger partial charge >= 0.3 is 0 Å². The SMILES string of the molecule is O=C(c1cc2cc(F)ccc2[nH]1)N(Cc1ccco1)C[C@H]1CCCO1. The zero-order valence-electron chi connectivity index (χ0n) is 13.7. The van der Waals surface area contributed by atoms with Gasteiger partial charge in [-0.05, 0) is 49.2 Å². The molecular weight excluding hydrogens is 323 g/mol. The molecule has 1 N–H and O–H groups in total. The zero-order valence-corrected chi connectivity index (χ0v) is 13.7. The van der Waals surface area contributed by atoms with E-state index in [1.165, 1.54) is 12.1 Å². The summed E-state index contributed by atoms with van der Waals surface area (Å²) < 4.78 is 24.5. The third kappa shape index (κ3) is 3.44. The number of amides is 1. The summed E-state index contributed by atoms with van der Waals surface area (Å²) in [5.41, 5.74) is 1.17. The van der Waals surface area contributed by atoms with E-state index in [0.717, 1.165) is 25.0 Å². The molecule has 3 aromatic rings. The molecule has 1 amide bonds. The van der Waals surface area contributed by atoms with Gasteiger partial charge in [0.25, 0.3) is 5.91 Å². The number of halogens is 1. The Morgan fingerprint density at radius 1 is 1.32 bits per heavy atom. The molecular formula is C19H19FN2O3. The number of hydrogen-bond donors (Lipinski definition) is 1. The summed E-state index contributed by atoms with van der Waals surface area (Å²) in [6.45, 7) is 1.61. The number of carbonyl (C=O) groups excluding carboxylic acids is 1. The molecule has 25 heavy (non-hydrogen) atoms. The van der Waals surface area contributed by atoms with E-state index in [0.29, 0.717) is 29.9 Å². The van der Waals surface area contributed by atoms with Crippen LogP contribution in [0.15, 0.2) is 47.1 Å². The number of nitrogens with zero attached hydrogens (tertiary/aromatic N) is 1. The third-order valence-electron chi connectivity index (χ3n) is 4.48. The Morgan fingerprint density at radius 3 is 3.00 bits per heavy atom. The number of carbonyl (C=O) groups is 1. The first-order valence-corrected chi connectivity index (χ1v) is 8.40. The fraction of sp³-hybridized carbons (Fsp3) is 0.316. The van der Waals surface area contributed by atoms with Crippen LogP contribution in [0.3, 0.4) is 0 Å². The number of ether oxygens (including phenoxy) is 1. The van der Waals surface area contributed by atoms with Crippen molar-refractivity contribution >= 4 is 16.8 Å². The Balaban J connectivity index is 1.60. The van der Waals surface area contributed by atoms with E-state index in [2.05, 4.69) is 4.98 Å². The first-order chi connectivity index (χ1) is 12.2. The molecule has 1 saturated heterocycles. The van der Waals surface area contributed by atoms with Crippen molar-refractivity contribution in [3.63, 3.8) is 0 Å². The number of furan rings is 1. The van der Waals surface area contributed by atoms with Gasteiger partial charge in [-0.1, -0.05) is 0 Å². The van der Waals surface area contributed by atoms with Crippen LogP contribution in [0.25, 0.3) is 10.9 Å².